The Kier molecular flexibility index (Phi) is 7.42. The Labute approximate surface area is 128 Å². The second kappa shape index (κ2) is 8.56. The van der Waals surface area contributed by atoms with Gasteiger partial charge in [-0.05, 0) is 59.4 Å². The van der Waals surface area contributed by atoms with Crippen molar-refractivity contribution >= 4 is 39.1 Å². The van der Waals surface area contributed by atoms with Gasteiger partial charge in [-0.1, -0.05) is 24.9 Å². The molecule has 0 radical (unpaired) electrons. The molecule has 0 fully saturated rings. The molecule has 19 heavy (non-hydrogen) atoms. The highest BCUT2D eigenvalue weighted by Crippen LogP contribution is 2.25. The molecule has 3 N–H and O–H groups in total. The predicted molar refractivity (Wildman–Crippen MR) is 84.5 cm³/mol. The van der Waals surface area contributed by atoms with Gasteiger partial charge >= 0.3 is 0 Å². The smallest absolute Gasteiger partial charge is 0.224 e. The van der Waals surface area contributed by atoms with Crippen molar-refractivity contribution in [1.29, 1.82) is 0 Å². The van der Waals surface area contributed by atoms with Crippen LogP contribution in [0.4, 0.5) is 5.69 Å². The van der Waals surface area contributed by atoms with Crippen LogP contribution in [-0.4, -0.2) is 12.5 Å². The zero-order chi connectivity index (χ0) is 14.3. The van der Waals surface area contributed by atoms with Crippen molar-refractivity contribution in [3.05, 3.63) is 27.7 Å². The first kappa shape index (κ1) is 16.5. The van der Waals surface area contributed by atoms with Gasteiger partial charge in [-0.2, -0.15) is 0 Å². The Bertz CT molecular complexity index is 426. The summed E-state index contributed by atoms with van der Waals surface area (Å²) in [4.78, 5) is 11.8. The highest BCUT2D eigenvalue weighted by molar-refractivity contribution is 9.10. The summed E-state index contributed by atoms with van der Waals surface area (Å²) >= 11 is 9.23. The lowest BCUT2D eigenvalue weighted by molar-refractivity contribution is -0.116. The normalized spacial score (nSPS) is 12.2. The lowest BCUT2D eigenvalue weighted by Crippen LogP contribution is -2.15. The third-order valence-corrected chi connectivity index (χ3v) is 4.35. The van der Waals surface area contributed by atoms with Crippen LogP contribution in [-0.2, 0) is 4.79 Å². The van der Waals surface area contributed by atoms with Gasteiger partial charge in [0.15, 0.2) is 0 Å². The summed E-state index contributed by atoms with van der Waals surface area (Å²) in [6.07, 6.45) is 3.46. The van der Waals surface area contributed by atoms with E-state index in [0.29, 0.717) is 23.9 Å². The highest BCUT2D eigenvalue weighted by atomic mass is 79.9. The van der Waals surface area contributed by atoms with Crippen molar-refractivity contribution in [2.45, 2.75) is 32.6 Å². The molecule has 1 aromatic rings. The van der Waals surface area contributed by atoms with E-state index in [2.05, 4.69) is 28.2 Å². The molecule has 1 atom stereocenters. The van der Waals surface area contributed by atoms with Crippen molar-refractivity contribution in [1.82, 2.24) is 0 Å². The number of anilines is 1. The molecule has 0 aliphatic carbocycles. The van der Waals surface area contributed by atoms with Crippen LogP contribution < -0.4 is 11.1 Å². The Balaban J connectivity index is 2.44. The molecular formula is C14H20BrClN2O. The summed E-state index contributed by atoms with van der Waals surface area (Å²) in [6, 6.07) is 5.35. The first-order valence-corrected chi connectivity index (χ1v) is 7.68. The number of carbonyl (C=O) groups is 1. The van der Waals surface area contributed by atoms with Crippen LogP contribution in [0.1, 0.15) is 32.6 Å². The highest BCUT2D eigenvalue weighted by Gasteiger charge is 2.09. The molecule has 5 heteroatoms. The van der Waals surface area contributed by atoms with Crippen molar-refractivity contribution in [3.8, 4) is 0 Å². The maximum absolute atomic E-state index is 11.8. The van der Waals surface area contributed by atoms with E-state index in [0.717, 1.165) is 29.4 Å². The molecule has 0 heterocycles. The molecular weight excluding hydrogens is 328 g/mol. The first-order valence-electron chi connectivity index (χ1n) is 6.51. The van der Waals surface area contributed by atoms with Gasteiger partial charge < -0.3 is 11.1 Å². The summed E-state index contributed by atoms with van der Waals surface area (Å²) in [6.45, 7) is 2.82. The van der Waals surface area contributed by atoms with Crippen LogP contribution in [0.25, 0.3) is 0 Å². The third kappa shape index (κ3) is 5.93. The fourth-order valence-corrected chi connectivity index (χ4v) is 2.42. The van der Waals surface area contributed by atoms with Gasteiger partial charge in [0.05, 0.1) is 5.02 Å². The summed E-state index contributed by atoms with van der Waals surface area (Å²) in [5, 5.41) is 3.50. The molecule has 0 saturated carbocycles. The van der Waals surface area contributed by atoms with Crippen LogP contribution >= 0.6 is 27.5 Å². The molecule has 0 spiro atoms. The second-order valence-electron chi connectivity index (χ2n) is 4.57. The molecule has 3 nitrogen and oxygen atoms in total. The molecule has 0 saturated heterocycles. The van der Waals surface area contributed by atoms with Crippen LogP contribution in [0.2, 0.25) is 5.02 Å². The lowest BCUT2D eigenvalue weighted by Gasteiger charge is -2.13. The summed E-state index contributed by atoms with van der Waals surface area (Å²) in [5.74, 6) is 0.567. The van der Waals surface area contributed by atoms with Gasteiger partial charge in [-0.3, -0.25) is 4.79 Å². The number of hydrogen-bond donors (Lipinski definition) is 2. The molecule has 1 rings (SSSR count). The molecule has 0 aliphatic heterocycles. The van der Waals surface area contributed by atoms with Gasteiger partial charge in [0.2, 0.25) is 5.91 Å². The second-order valence-corrected chi connectivity index (χ2v) is 5.83. The zero-order valence-corrected chi connectivity index (χ0v) is 13.4. The van der Waals surface area contributed by atoms with Gasteiger partial charge in [-0.25, -0.2) is 0 Å². The van der Waals surface area contributed by atoms with Crippen LogP contribution in [0.3, 0.4) is 0 Å². The number of benzene rings is 1. The fourth-order valence-electron chi connectivity index (χ4n) is 1.92. The maximum Gasteiger partial charge on any atom is 0.224 e. The monoisotopic (exact) mass is 346 g/mol. The van der Waals surface area contributed by atoms with Crippen molar-refractivity contribution in [2.75, 3.05) is 11.9 Å². The number of rotatable bonds is 7. The Hall–Kier alpha value is -0.580. The van der Waals surface area contributed by atoms with Gasteiger partial charge in [0.1, 0.15) is 0 Å². The molecule has 1 amide bonds. The van der Waals surface area contributed by atoms with E-state index in [4.69, 9.17) is 17.3 Å². The lowest BCUT2D eigenvalue weighted by atomic mass is 9.96. The van der Waals surface area contributed by atoms with Crippen LogP contribution in [0.5, 0.6) is 0 Å². The average Bonchev–Trinajstić information content (AvgIpc) is 2.39. The molecule has 1 aromatic carbocycles. The maximum atomic E-state index is 11.8. The van der Waals surface area contributed by atoms with E-state index in [1.165, 1.54) is 0 Å². The minimum absolute atomic E-state index is 0.0321. The van der Waals surface area contributed by atoms with Gasteiger partial charge in [-0.15, -0.1) is 0 Å². The quantitative estimate of drug-likeness (QED) is 0.777. The largest absolute Gasteiger partial charge is 0.330 e. The van der Waals surface area contributed by atoms with Gasteiger partial charge in [0, 0.05) is 16.6 Å². The first-order chi connectivity index (χ1) is 9.06. The van der Waals surface area contributed by atoms with E-state index >= 15 is 0 Å². The summed E-state index contributed by atoms with van der Waals surface area (Å²) < 4.78 is 0.779. The Morgan fingerprint density at radius 3 is 2.79 bits per heavy atom. The number of carbonyl (C=O) groups excluding carboxylic acids is 1. The predicted octanol–water partition coefficient (Wildman–Crippen LogP) is 4.20. The molecule has 0 aromatic heterocycles. The topological polar surface area (TPSA) is 55.1 Å². The fraction of sp³-hybridized carbons (Fsp3) is 0.500. The van der Waals surface area contributed by atoms with E-state index < -0.39 is 0 Å². The Morgan fingerprint density at radius 1 is 1.47 bits per heavy atom. The van der Waals surface area contributed by atoms with E-state index in [9.17, 15) is 4.79 Å². The van der Waals surface area contributed by atoms with E-state index in [1.54, 1.807) is 18.2 Å². The summed E-state index contributed by atoms with van der Waals surface area (Å²) in [7, 11) is 0. The van der Waals surface area contributed by atoms with Crippen LogP contribution in [0, 0.1) is 5.92 Å². The number of halogens is 2. The number of nitrogens with one attached hydrogen (secondary N) is 1. The van der Waals surface area contributed by atoms with E-state index in [-0.39, 0.29) is 5.91 Å². The summed E-state index contributed by atoms with van der Waals surface area (Å²) in [5.41, 5.74) is 6.31. The minimum atomic E-state index is 0.0321. The third-order valence-electron chi connectivity index (χ3n) is 3.14. The standard InChI is InChI=1S/C14H20BrClN2O/c1-2-10(7-8-17)3-6-14(19)18-11-4-5-13(16)12(15)9-11/h4-5,9-10H,2-3,6-8,17H2,1H3,(H,18,19). The molecule has 106 valence electrons. The van der Waals surface area contributed by atoms with E-state index in [1.807, 2.05) is 0 Å². The minimum Gasteiger partial charge on any atom is -0.330 e. The number of nitrogens with two attached hydrogens (primary N) is 1. The van der Waals surface area contributed by atoms with Gasteiger partial charge in [0.25, 0.3) is 0 Å². The molecule has 1 unspecified atom stereocenters. The number of amides is 1. The van der Waals surface area contributed by atoms with Crippen molar-refractivity contribution in [2.24, 2.45) is 11.7 Å². The molecule has 0 aliphatic rings. The number of hydrogen-bond acceptors (Lipinski definition) is 2. The van der Waals surface area contributed by atoms with Crippen molar-refractivity contribution < 1.29 is 4.79 Å². The molecule has 0 bridgehead atoms. The Morgan fingerprint density at radius 2 is 2.21 bits per heavy atom. The average molecular weight is 348 g/mol. The van der Waals surface area contributed by atoms with Crippen LogP contribution in [0.15, 0.2) is 22.7 Å². The SMILES string of the molecule is CCC(CCN)CCC(=O)Nc1ccc(Cl)c(Br)c1. The zero-order valence-electron chi connectivity index (χ0n) is 11.1. The van der Waals surface area contributed by atoms with Crippen molar-refractivity contribution in [3.63, 3.8) is 0 Å².